The average Bonchev–Trinajstić information content (AvgIpc) is 3.58. The van der Waals surface area contributed by atoms with Crippen LogP contribution in [0.25, 0.3) is 20.9 Å². The zero-order valence-corrected chi connectivity index (χ0v) is 22.3. The first-order chi connectivity index (χ1) is 18.0. The van der Waals surface area contributed by atoms with Crippen LogP contribution in [0.15, 0.2) is 54.2 Å². The Balaban J connectivity index is 1.45. The molecular weight excluding hydrogens is 533 g/mol. The number of alkyl halides is 3. The van der Waals surface area contributed by atoms with Gasteiger partial charge >= 0.3 is 12.1 Å². The molecule has 0 spiro atoms. The number of thiophene rings is 1. The van der Waals surface area contributed by atoms with Crippen LogP contribution in [0.3, 0.4) is 0 Å². The van der Waals surface area contributed by atoms with E-state index >= 15 is 0 Å². The number of benzene rings is 1. The van der Waals surface area contributed by atoms with Gasteiger partial charge in [0, 0.05) is 28.9 Å². The summed E-state index contributed by atoms with van der Waals surface area (Å²) in [5.41, 5.74) is 0.595. The maximum absolute atomic E-state index is 13.2. The van der Waals surface area contributed by atoms with E-state index in [9.17, 15) is 23.1 Å². The summed E-state index contributed by atoms with van der Waals surface area (Å²) in [6.07, 6.45) is 0.439. The molecule has 11 heteroatoms. The monoisotopic (exact) mass is 558 g/mol. The number of aromatic nitrogens is 3. The van der Waals surface area contributed by atoms with Crippen molar-refractivity contribution in [1.82, 2.24) is 15.0 Å². The van der Waals surface area contributed by atoms with Crippen molar-refractivity contribution in [1.29, 1.82) is 0 Å². The molecule has 6 nitrogen and oxygen atoms in total. The van der Waals surface area contributed by atoms with Gasteiger partial charge in [0.2, 0.25) is 5.95 Å². The van der Waals surface area contributed by atoms with Crippen molar-refractivity contribution >= 4 is 40.3 Å². The minimum atomic E-state index is -4.57. The zero-order valence-electron chi connectivity index (χ0n) is 20.6. The highest BCUT2D eigenvalue weighted by Gasteiger charge is 2.44. The molecule has 4 aromatic rings. The molecular formula is C27H25F3N4O2S2. The molecule has 3 atom stereocenters. The standard InChI is InChI=1S/C27H25F3N4O2S2/c1-15-10-16(5-7-26(15,2)24(35)36)23-32-14-21(38-23)18-11-17(20-4-3-9-37-20)12-19(13-18)33-25-31-8-6-22(34-25)27(28,29)30/h3-4,6,8-9,11-16H,5,7,10H2,1-2H3,(H,35,36)(H,31,33,34). The maximum atomic E-state index is 13.2. The Morgan fingerprint density at radius 3 is 2.58 bits per heavy atom. The fraction of sp³-hybridized carbons (Fsp3) is 0.333. The summed E-state index contributed by atoms with van der Waals surface area (Å²) in [7, 11) is 0. The van der Waals surface area contributed by atoms with E-state index < -0.39 is 23.3 Å². The van der Waals surface area contributed by atoms with Crippen LogP contribution in [-0.4, -0.2) is 26.0 Å². The summed E-state index contributed by atoms with van der Waals surface area (Å²) in [6, 6.07) is 10.5. The highest BCUT2D eigenvalue weighted by Crippen LogP contribution is 2.48. The number of carboxylic acid groups (broad SMARTS) is 1. The van der Waals surface area contributed by atoms with Gasteiger partial charge in [0.15, 0.2) is 0 Å². The van der Waals surface area contributed by atoms with E-state index in [1.807, 2.05) is 55.8 Å². The molecule has 2 N–H and O–H groups in total. The van der Waals surface area contributed by atoms with E-state index in [0.29, 0.717) is 12.1 Å². The van der Waals surface area contributed by atoms with E-state index in [1.54, 1.807) is 22.7 Å². The Labute approximate surface area is 225 Å². The van der Waals surface area contributed by atoms with E-state index in [-0.39, 0.29) is 17.8 Å². The molecule has 0 bridgehead atoms. The summed E-state index contributed by atoms with van der Waals surface area (Å²) in [5, 5.41) is 15.6. The number of nitrogens with one attached hydrogen (secondary N) is 1. The number of thiazole rings is 1. The molecule has 3 heterocycles. The molecule has 198 valence electrons. The third-order valence-electron chi connectivity index (χ3n) is 7.32. The van der Waals surface area contributed by atoms with Crippen LogP contribution < -0.4 is 5.32 Å². The predicted molar refractivity (Wildman–Crippen MR) is 143 cm³/mol. The zero-order chi connectivity index (χ0) is 27.1. The highest BCUT2D eigenvalue weighted by atomic mass is 32.1. The number of hydrogen-bond donors (Lipinski definition) is 2. The number of anilines is 2. The van der Waals surface area contributed by atoms with Gasteiger partial charge in [-0.2, -0.15) is 13.2 Å². The number of rotatable bonds is 6. The van der Waals surface area contributed by atoms with Gasteiger partial charge in [0.1, 0.15) is 5.69 Å². The van der Waals surface area contributed by atoms with Crippen molar-refractivity contribution < 1.29 is 23.1 Å². The first kappa shape index (κ1) is 26.3. The first-order valence-electron chi connectivity index (χ1n) is 12.1. The number of halogens is 3. The number of aliphatic carboxylic acids is 1. The van der Waals surface area contributed by atoms with Gasteiger partial charge < -0.3 is 10.4 Å². The lowest BCUT2D eigenvalue weighted by molar-refractivity contribution is -0.153. The van der Waals surface area contributed by atoms with Crippen LogP contribution in [-0.2, 0) is 11.0 Å². The number of nitrogens with zero attached hydrogens (tertiary/aromatic N) is 3. The van der Waals surface area contributed by atoms with Crippen molar-refractivity contribution in [2.45, 2.75) is 45.2 Å². The summed E-state index contributed by atoms with van der Waals surface area (Å²) in [6.45, 7) is 3.81. The molecule has 3 unspecified atom stereocenters. The number of hydrogen-bond acceptors (Lipinski definition) is 7. The van der Waals surface area contributed by atoms with Gasteiger partial charge in [0.05, 0.1) is 15.3 Å². The molecule has 0 radical (unpaired) electrons. The molecule has 1 fully saturated rings. The van der Waals surface area contributed by atoms with E-state index in [4.69, 9.17) is 4.98 Å². The Morgan fingerprint density at radius 2 is 1.92 bits per heavy atom. The molecule has 1 aromatic carbocycles. The van der Waals surface area contributed by atoms with Crippen LogP contribution in [0.2, 0.25) is 0 Å². The molecule has 5 rings (SSSR count). The van der Waals surface area contributed by atoms with Crippen LogP contribution in [0, 0.1) is 11.3 Å². The van der Waals surface area contributed by atoms with Crippen molar-refractivity contribution in [3.8, 4) is 20.9 Å². The van der Waals surface area contributed by atoms with E-state index in [1.165, 1.54) is 0 Å². The summed E-state index contributed by atoms with van der Waals surface area (Å²) in [5.74, 6) is -0.681. The minimum Gasteiger partial charge on any atom is -0.481 e. The van der Waals surface area contributed by atoms with Crippen molar-refractivity contribution in [2.75, 3.05) is 5.32 Å². The summed E-state index contributed by atoms with van der Waals surface area (Å²) in [4.78, 5) is 26.0. The molecule has 0 amide bonds. The number of carboxylic acids is 1. The second kappa shape index (κ2) is 10.1. The van der Waals surface area contributed by atoms with Gasteiger partial charge in [-0.15, -0.1) is 22.7 Å². The minimum absolute atomic E-state index is 0.0246. The molecule has 1 aliphatic carbocycles. The predicted octanol–water partition coefficient (Wildman–Crippen LogP) is 8.09. The topological polar surface area (TPSA) is 88.0 Å². The SMILES string of the molecule is CC1CC(c2ncc(-c3cc(Nc4nccc(C(F)(F)F)n4)cc(-c4cccs4)c3)s2)CCC1(C)C(=O)O. The van der Waals surface area contributed by atoms with Crippen LogP contribution in [0.4, 0.5) is 24.8 Å². The van der Waals surface area contributed by atoms with Gasteiger partial charge in [-0.3, -0.25) is 4.79 Å². The lowest BCUT2D eigenvalue weighted by Crippen LogP contribution is -2.38. The lowest BCUT2D eigenvalue weighted by Gasteiger charge is -2.39. The Morgan fingerprint density at radius 1 is 1.16 bits per heavy atom. The number of carbonyl (C=O) groups is 1. The summed E-state index contributed by atoms with van der Waals surface area (Å²) >= 11 is 3.13. The van der Waals surface area contributed by atoms with Crippen LogP contribution in [0.5, 0.6) is 0 Å². The van der Waals surface area contributed by atoms with Gasteiger partial charge in [0.25, 0.3) is 0 Å². The van der Waals surface area contributed by atoms with Crippen molar-refractivity contribution in [3.05, 3.63) is 64.9 Å². The van der Waals surface area contributed by atoms with E-state index in [0.717, 1.165) is 51.0 Å². The van der Waals surface area contributed by atoms with Gasteiger partial charge in [-0.1, -0.05) is 13.0 Å². The molecule has 1 aliphatic rings. The third-order valence-corrected chi connectivity index (χ3v) is 9.45. The highest BCUT2D eigenvalue weighted by molar-refractivity contribution is 7.15. The largest absolute Gasteiger partial charge is 0.481 e. The normalized spacial score (nSPS) is 21.8. The Kier molecular flexibility index (Phi) is 6.99. The van der Waals surface area contributed by atoms with Gasteiger partial charge in [-0.25, -0.2) is 15.0 Å². The molecule has 1 saturated carbocycles. The van der Waals surface area contributed by atoms with Crippen molar-refractivity contribution in [3.63, 3.8) is 0 Å². The van der Waals surface area contributed by atoms with E-state index in [2.05, 4.69) is 15.3 Å². The maximum Gasteiger partial charge on any atom is 0.433 e. The Bertz CT molecular complexity index is 1450. The lowest BCUT2D eigenvalue weighted by atomic mass is 9.65. The molecule has 0 aliphatic heterocycles. The average molecular weight is 559 g/mol. The fourth-order valence-electron chi connectivity index (χ4n) is 4.81. The molecule has 0 saturated heterocycles. The first-order valence-corrected chi connectivity index (χ1v) is 13.8. The summed E-state index contributed by atoms with van der Waals surface area (Å²) < 4.78 is 39.5. The molecule has 3 aromatic heterocycles. The Hall–Kier alpha value is -3.31. The van der Waals surface area contributed by atoms with Gasteiger partial charge in [-0.05, 0) is 78.9 Å². The second-order valence-electron chi connectivity index (χ2n) is 9.82. The third kappa shape index (κ3) is 5.30. The van der Waals surface area contributed by atoms with Crippen molar-refractivity contribution in [2.24, 2.45) is 11.3 Å². The second-order valence-corrected chi connectivity index (χ2v) is 11.8. The molecule has 38 heavy (non-hydrogen) atoms. The van der Waals surface area contributed by atoms with Crippen LogP contribution >= 0.6 is 22.7 Å². The van der Waals surface area contributed by atoms with Crippen LogP contribution in [0.1, 0.15) is 49.7 Å². The smallest absolute Gasteiger partial charge is 0.433 e. The quantitative estimate of drug-likeness (QED) is 0.249. The fourth-order valence-corrected chi connectivity index (χ4v) is 6.58.